The number of carbonyl (C=O) groups is 1. The SMILES string of the molecule is CCCCOc1ccc(C(=O)CCc2ccc(OP(=O)(O)Oc3ccccc3)cc2)cc1. The molecule has 3 rings (SSSR count). The second kappa shape index (κ2) is 11.5. The van der Waals surface area contributed by atoms with Crippen LogP contribution in [0.4, 0.5) is 0 Å². The van der Waals surface area contributed by atoms with E-state index in [2.05, 4.69) is 6.92 Å². The van der Waals surface area contributed by atoms with E-state index in [1.807, 2.05) is 12.1 Å². The molecule has 168 valence electrons. The van der Waals surface area contributed by atoms with Gasteiger partial charge >= 0.3 is 7.82 Å². The monoisotopic (exact) mass is 454 g/mol. The van der Waals surface area contributed by atoms with Gasteiger partial charge in [0.15, 0.2) is 5.78 Å². The van der Waals surface area contributed by atoms with E-state index < -0.39 is 7.82 Å². The van der Waals surface area contributed by atoms with E-state index in [1.165, 1.54) is 0 Å². The maximum absolute atomic E-state index is 12.5. The fourth-order valence-electron chi connectivity index (χ4n) is 2.96. The summed E-state index contributed by atoms with van der Waals surface area (Å²) in [6, 6.07) is 22.2. The number of ketones is 1. The molecular weight excluding hydrogens is 427 g/mol. The summed E-state index contributed by atoms with van der Waals surface area (Å²) in [7, 11) is -4.30. The third-order valence-electron chi connectivity index (χ3n) is 4.69. The van der Waals surface area contributed by atoms with Crippen molar-refractivity contribution in [3.8, 4) is 17.2 Å². The molecule has 0 aliphatic heterocycles. The number of hydrogen-bond donors (Lipinski definition) is 1. The maximum atomic E-state index is 12.5. The third kappa shape index (κ3) is 7.56. The highest BCUT2D eigenvalue weighted by atomic mass is 31.2. The molecule has 7 heteroatoms. The Hall–Kier alpha value is -3.08. The van der Waals surface area contributed by atoms with Gasteiger partial charge in [0, 0.05) is 12.0 Å². The zero-order chi connectivity index (χ0) is 22.8. The van der Waals surface area contributed by atoms with Gasteiger partial charge in [-0.1, -0.05) is 43.7 Å². The van der Waals surface area contributed by atoms with Gasteiger partial charge in [-0.2, -0.15) is 0 Å². The highest BCUT2D eigenvalue weighted by Gasteiger charge is 2.24. The zero-order valence-corrected chi connectivity index (χ0v) is 18.9. The molecule has 0 aliphatic rings. The first-order valence-electron chi connectivity index (χ1n) is 10.6. The highest BCUT2D eigenvalue weighted by Crippen LogP contribution is 2.44. The number of benzene rings is 3. The van der Waals surface area contributed by atoms with Gasteiger partial charge in [0.1, 0.15) is 17.2 Å². The second-order valence-electron chi connectivity index (χ2n) is 7.26. The van der Waals surface area contributed by atoms with Crippen molar-refractivity contribution in [3.05, 3.63) is 90.0 Å². The standard InChI is InChI=1S/C25H27O6P/c1-2-3-19-29-22-16-12-21(13-17-22)25(26)18-11-20-9-14-24(15-10-20)31-32(27,28)30-23-7-5-4-6-8-23/h4-10,12-17H,2-3,11,18-19H2,1H3,(H,27,28). The predicted molar refractivity (Wildman–Crippen MR) is 123 cm³/mol. The number of hydrogen-bond acceptors (Lipinski definition) is 5. The molecule has 0 heterocycles. The number of rotatable bonds is 12. The first kappa shape index (κ1) is 23.6. The minimum absolute atomic E-state index is 0.0431. The van der Waals surface area contributed by atoms with E-state index in [4.69, 9.17) is 13.8 Å². The van der Waals surface area contributed by atoms with Crippen LogP contribution >= 0.6 is 7.82 Å². The number of ether oxygens (including phenoxy) is 1. The molecule has 0 fully saturated rings. The molecule has 0 amide bonds. The Kier molecular flexibility index (Phi) is 8.48. The molecule has 0 aromatic heterocycles. The second-order valence-corrected chi connectivity index (χ2v) is 8.56. The van der Waals surface area contributed by atoms with Gasteiger partial charge in [0.05, 0.1) is 6.61 Å². The summed E-state index contributed by atoms with van der Waals surface area (Å²) in [6.45, 7) is 2.78. The number of aryl methyl sites for hydroxylation is 1. The quantitative estimate of drug-likeness (QED) is 0.198. The number of Topliss-reactive ketones (excluding diaryl/α,β-unsaturated/α-hetero) is 1. The Bertz CT molecular complexity index is 1030. The molecule has 1 atom stereocenters. The van der Waals surface area contributed by atoms with Gasteiger partial charge in [0.2, 0.25) is 0 Å². The average Bonchev–Trinajstić information content (AvgIpc) is 2.79. The largest absolute Gasteiger partial charge is 0.584 e. The van der Waals surface area contributed by atoms with Crippen LogP contribution in [-0.4, -0.2) is 17.3 Å². The lowest BCUT2D eigenvalue weighted by molar-refractivity contribution is 0.0982. The highest BCUT2D eigenvalue weighted by molar-refractivity contribution is 7.48. The number of phosphoric acid groups is 1. The van der Waals surface area contributed by atoms with Crippen molar-refractivity contribution in [2.75, 3.05) is 6.61 Å². The number of unbranched alkanes of at least 4 members (excludes halogenated alkanes) is 1. The summed E-state index contributed by atoms with van der Waals surface area (Å²) < 4.78 is 27.9. The predicted octanol–water partition coefficient (Wildman–Crippen LogP) is 6.24. The molecule has 1 unspecified atom stereocenters. The van der Waals surface area contributed by atoms with Crippen LogP contribution in [0.25, 0.3) is 0 Å². The maximum Gasteiger partial charge on any atom is 0.584 e. The molecule has 3 aromatic carbocycles. The number of carbonyl (C=O) groups excluding carboxylic acids is 1. The van der Waals surface area contributed by atoms with Gasteiger partial charge < -0.3 is 13.8 Å². The molecule has 0 radical (unpaired) electrons. The molecule has 0 spiro atoms. The van der Waals surface area contributed by atoms with Gasteiger partial charge in [0.25, 0.3) is 0 Å². The molecule has 0 saturated carbocycles. The molecule has 0 saturated heterocycles. The summed E-state index contributed by atoms with van der Waals surface area (Å²) in [4.78, 5) is 22.4. The first-order chi connectivity index (χ1) is 15.4. The summed E-state index contributed by atoms with van der Waals surface area (Å²) in [5, 5.41) is 0. The molecule has 0 bridgehead atoms. The average molecular weight is 454 g/mol. The van der Waals surface area contributed by atoms with Crippen molar-refractivity contribution < 1.29 is 28.0 Å². The summed E-state index contributed by atoms with van der Waals surface area (Å²) in [5.41, 5.74) is 1.56. The molecule has 6 nitrogen and oxygen atoms in total. The minimum Gasteiger partial charge on any atom is -0.494 e. The fraction of sp³-hybridized carbons (Fsp3) is 0.240. The fourth-order valence-corrected chi connectivity index (χ4v) is 3.77. The van der Waals surface area contributed by atoms with Crippen LogP contribution in [0.1, 0.15) is 42.1 Å². The molecular formula is C25H27O6P. The van der Waals surface area contributed by atoms with Crippen LogP contribution in [0.15, 0.2) is 78.9 Å². The minimum atomic E-state index is -4.30. The van der Waals surface area contributed by atoms with Crippen LogP contribution in [0, 0.1) is 0 Å². The van der Waals surface area contributed by atoms with Crippen molar-refractivity contribution in [1.29, 1.82) is 0 Å². The van der Waals surface area contributed by atoms with Crippen LogP contribution in [0.5, 0.6) is 17.2 Å². The lowest BCUT2D eigenvalue weighted by Crippen LogP contribution is -2.02. The van der Waals surface area contributed by atoms with E-state index in [9.17, 15) is 14.3 Å². The molecule has 1 N–H and O–H groups in total. The van der Waals surface area contributed by atoms with Crippen molar-refractivity contribution in [2.45, 2.75) is 32.6 Å². The number of para-hydroxylation sites is 1. The molecule has 0 aliphatic carbocycles. The summed E-state index contributed by atoms with van der Waals surface area (Å²) in [5.74, 6) is 1.26. The van der Waals surface area contributed by atoms with Gasteiger partial charge in [-0.15, -0.1) is 0 Å². The Morgan fingerprint density at radius 1 is 0.844 bits per heavy atom. The Labute approximate surface area is 188 Å². The summed E-state index contributed by atoms with van der Waals surface area (Å²) in [6.07, 6.45) is 2.97. The van der Waals surface area contributed by atoms with Gasteiger partial charge in [-0.25, -0.2) is 4.57 Å². The Morgan fingerprint density at radius 3 is 2.06 bits per heavy atom. The van der Waals surface area contributed by atoms with Crippen molar-refractivity contribution >= 4 is 13.6 Å². The van der Waals surface area contributed by atoms with Crippen molar-refractivity contribution in [1.82, 2.24) is 0 Å². The first-order valence-corrected chi connectivity index (χ1v) is 12.1. The van der Waals surface area contributed by atoms with E-state index in [-0.39, 0.29) is 17.3 Å². The van der Waals surface area contributed by atoms with Crippen molar-refractivity contribution in [3.63, 3.8) is 0 Å². The molecule has 32 heavy (non-hydrogen) atoms. The van der Waals surface area contributed by atoms with Crippen LogP contribution in [0.2, 0.25) is 0 Å². The van der Waals surface area contributed by atoms with Crippen LogP contribution < -0.4 is 13.8 Å². The van der Waals surface area contributed by atoms with Crippen LogP contribution in [0.3, 0.4) is 0 Å². The van der Waals surface area contributed by atoms with Crippen LogP contribution in [-0.2, 0) is 11.0 Å². The van der Waals surface area contributed by atoms with Gasteiger partial charge in [-0.05, 0) is 66.9 Å². The Morgan fingerprint density at radius 2 is 1.44 bits per heavy atom. The lowest BCUT2D eigenvalue weighted by atomic mass is 10.0. The van der Waals surface area contributed by atoms with Gasteiger partial charge in [-0.3, -0.25) is 9.69 Å². The smallest absolute Gasteiger partial charge is 0.494 e. The van der Waals surface area contributed by atoms with Crippen molar-refractivity contribution in [2.24, 2.45) is 0 Å². The normalized spacial score (nSPS) is 12.6. The Balaban J connectivity index is 1.49. The lowest BCUT2D eigenvalue weighted by Gasteiger charge is -2.14. The summed E-state index contributed by atoms with van der Waals surface area (Å²) >= 11 is 0. The number of phosphoric ester groups is 1. The third-order valence-corrected chi connectivity index (χ3v) is 5.57. The van der Waals surface area contributed by atoms with E-state index in [1.54, 1.807) is 66.7 Å². The topological polar surface area (TPSA) is 82.1 Å². The van der Waals surface area contributed by atoms with E-state index in [0.717, 1.165) is 24.2 Å². The van der Waals surface area contributed by atoms with E-state index in [0.29, 0.717) is 25.0 Å². The van der Waals surface area contributed by atoms with E-state index >= 15 is 0 Å². The zero-order valence-electron chi connectivity index (χ0n) is 18.0. The molecule has 3 aromatic rings.